The number of nitrogens with zero attached hydrogens (tertiary/aromatic N) is 19. The average molecular weight is 2790 g/mol. The molecule has 5 aliphatic rings. The third-order valence-corrected chi connectivity index (χ3v) is 25.0. The van der Waals surface area contributed by atoms with Gasteiger partial charge in [-0.05, 0) is 189 Å². The fourth-order valence-electron chi connectivity index (χ4n) is 17.3. The molecule has 2 atom stereocenters. The van der Waals surface area contributed by atoms with E-state index in [1.54, 1.807) is 60.5 Å². The van der Waals surface area contributed by atoms with Crippen LogP contribution in [0.2, 0.25) is 0 Å². The summed E-state index contributed by atoms with van der Waals surface area (Å²) in [6.07, 6.45) is 24.7. The van der Waals surface area contributed by atoms with Crippen molar-refractivity contribution in [3.05, 3.63) is 353 Å². The number of aryl methyl sites for hydroxylation is 7. The van der Waals surface area contributed by atoms with Crippen molar-refractivity contribution in [1.82, 2.24) is 67.6 Å². The Balaban J connectivity index is 0.000000153. The molecule has 8 aromatic carbocycles. The van der Waals surface area contributed by atoms with Gasteiger partial charge >= 0.3 is 5.97 Å². The monoisotopic (exact) mass is 2790 g/mol. The Morgan fingerprint density at radius 1 is 0.518 bits per heavy atom. The minimum Gasteiger partial charge on any atom is -0.536 e. The van der Waals surface area contributed by atoms with Crippen molar-refractivity contribution in [2.24, 2.45) is 5.92 Å². The number of hydrogen-bond donors (Lipinski definition) is 1. The molecule has 22 rings (SSSR count). The number of likely N-dealkylation sites (N-methyl/N-ethyl adjacent to an activating group) is 2. The maximum Gasteiger partial charge on any atom is 0.354 e. The molecule has 1 N–H and O–H groups in total. The number of anilines is 4. The third kappa shape index (κ3) is 22.9. The normalized spacial score (nSPS) is 13.7. The number of aromatic carboxylic acids is 1. The van der Waals surface area contributed by atoms with Crippen LogP contribution in [0.3, 0.4) is 0 Å². The third-order valence-electron chi connectivity index (χ3n) is 24.0. The van der Waals surface area contributed by atoms with Gasteiger partial charge in [-0.1, -0.05) is 134 Å². The van der Waals surface area contributed by atoms with Gasteiger partial charge in [-0.3, -0.25) is 38.8 Å². The molecule has 0 amide bonds. The molecule has 0 aliphatic carbocycles. The molecule has 5 aliphatic heterocycles. The molecule has 0 spiro atoms. The number of pyridine rings is 3. The van der Waals surface area contributed by atoms with Crippen LogP contribution in [-0.4, -0.2) is 153 Å². The summed E-state index contributed by atoms with van der Waals surface area (Å²) in [6, 6.07) is 67.8. The molecule has 141 heavy (non-hydrogen) atoms. The van der Waals surface area contributed by atoms with E-state index < -0.39 is 5.97 Å². The molecule has 14 heterocycles. The van der Waals surface area contributed by atoms with Crippen molar-refractivity contribution >= 4 is 45.9 Å². The van der Waals surface area contributed by atoms with Crippen LogP contribution in [0.25, 0.3) is 89.7 Å². The fourth-order valence-corrected chi connectivity index (χ4v) is 18.2. The van der Waals surface area contributed by atoms with Gasteiger partial charge in [-0.25, -0.2) is 20.0 Å². The first-order valence-corrected chi connectivity index (χ1v) is 45.2. The van der Waals surface area contributed by atoms with Crippen LogP contribution >= 0.6 is 11.3 Å². The average Bonchev–Trinajstić information content (AvgIpc) is 1.60. The van der Waals surface area contributed by atoms with E-state index in [4.69, 9.17) is 35.4 Å². The summed E-state index contributed by atoms with van der Waals surface area (Å²) in [4.78, 5) is 57.3. The molecular weight excluding hydrogens is 2690 g/mol. The number of halogens is 1. The van der Waals surface area contributed by atoms with Crippen molar-refractivity contribution in [2.75, 3.05) is 88.6 Å². The second kappa shape index (κ2) is 48.4. The van der Waals surface area contributed by atoms with Gasteiger partial charge < -0.3 is 71.6 Å². The van der Waals surface area contributed by atoms with Crippen molar-refractivity contribution in [1.29, 1.82) is 5.26 Å². The molecule has 0 fully saturated rings. The second-order valence-electron chi connectivity index (χ2n) is 33.4. The van der Waals surface area contributed by atoms with Crippen molar-refractivity contribution < 1.29 is 139 Å². The van der Waals surface area contributed by atoms with E-state index in [1.165, 1.54) is 45.6 Å². The Kier molecular flexibility index (Phi) is 36.7. The predicted octanol–water partition coefficient (Wildman–Crippen LogP) is 21.1. The minimum absolute atomic E-state index is 0. The van der Waals surface area contributed by atoms with Crippen molar-refractivity contribution in [3.63, 3.8) is 0 Å². The summed E-state index contributed by atoms with van der Waals surface area (Å²) in [5.41, 5.74) is 21.4. The number of carbonyl (C=O) groups is 1. The molecule has 2 unspecified atom stereocenters. The molecular formula is C108H97FIr5N19O7S-5. The summed E-state index contributed by atoms with van der Waals surface area (Å²) in [6.45, 7) is 32.4. The first-order valence-electron chi connectivity index (χ1n) is 44.4. The number of imidazole rings is 5. The Morgan fingerprint density at radius 3 is 1.72 bits per heavy atom. The maximum atomic E-state index is 14.4. The summed E-state index contributed by atoms with van der Waals surface area (Å²) < 4.78 is 54.3. The Hall–Kier alpha value is -13.1. The number of para-hydroxylation sites is 2. The van der Waals surface area contributed by atoms with Gasteiger partial charge in [0.15, 0.2) is 0 Å². The summed E-state index contributed by atoms with van der Waals surface area (Å²) in [5, 5.41) is 21.0. The van der Waals surface area contributed by atoms with Crippen LogP contribution < -0.4 is 38.4 Å². The number of fused-ring (bicyclic) bond motifs is 5. The number of benzene rings is 8. The van der Waals surface area contributed by atoms with E-state index in [1.807, 2.05) is 174 Å². The number of rotatable bonds is 12. The van der Waals surface area contributed by atoms with E-state index in [0.717, 1.165) is 157 Å². The molecule has 33 heteroatoms. The van der Waals surface area contributed by atoms with Gasteiger partial charge in [0.05, 0.1) is 78.5 Å². The molecule has 729 valence electrons. The zero-order valence-corrected chi connectivity index (χ0v) is 91.8. The van der Waals surface area contributed by atoms with Crippen LogP contribution in [0.5, 0.6) is 28.7 Å². The second-order valence-corrected chi connectivity index (χ2v) is 34.3. The zero-order chi connectivity index (χ0) is 94.8. The van der Waals surface area contributed by atoms with Crippen LogP contribution in [0, 0.1) is 109 Å². The smallest absolute Gasteiger partial charge is 0.354 e. The molecule has 17 aromatic rings. The van der Waals surface area contributed by atoms with E-state index in [-0.39, 0.29) is 112 Å². The predicted molar refractivity (Wildman–Crippen MR) is 524 cm³/mol. The first-order chi connectivity index (χ1) is 66.1. The van der Waals surface area contributed by atoms with Gasteiger partial charge in [-0.15, -0.1) is 71.5 Å². The molecule has 0 saturated carbocycles. The van der Waals surface area contributed by atoms with E-state index in [2.05, 4.69) is 209 Å². The Bertz CT molecular complexity index is 7270. The number of carboxylic acid groups (broad SMARTS) is 1. The summed E-state index contributed by atoms with van der Waals surface area (Å²) in [5.74, 6) is 8.31. The van der Waals surface area contributed by atoms with Crippen LogP contribution in [0.4, 0.5) is 33.0 Å². The summed E-state index contributed by atoms with van der Waals surface area (Å²) in [7, 11) is 5.93. The van der Waals surface area contributed by atoms with E-state index in [0.29, 0.717) is 84.8 Å². The van der Waals surface area contributed by atoms with Gasteiger partial charge in [0, 0.05) is 254 Å². The van der Waals surface area contributed by atoms with Gasteiger partial charge in [0.1, 0.15) is 29.8 Å². The van der Waals surface area contributed by atoms with Crippen molar-refractivity contribution in [2.45, 2.75) is 74.8 Å². The maximum absolute atomic E-state index is 14.4. The molecule has 9 aromatic heterocycles. The first kappa shape index (κ1) is 107. The SMILES string of the molecule is CN1CCOc2c(-c3nccn3-c3ccccc3)[c-]cc(C#N)c21.Cc1c[c-]c(-c2nccn2-c2ccccn2)c2c1N(C)CCO2.Cc1ccc(-n2ccnc2-c2[c-]ncc3c2OCCN3c2ccccc2)c(C)c1.Cc1ccsc1-n1ccnc1-c1[c-]ccc2c1OCC(C)C2C.O=C(O)c1ccccn1.[C-]#[N+]c1cnc(-c2[c-]cc(F)c3c2OCN(C)C3)n1-c1c(C)cc(C)cc1C.[Ir].[Ir].[Ir].[Ir].[Ir]. The number of nitriles is 1. The van der Waals surface area contributed by atoms with Gasteiger partial charge in [0.25, 0.3) is 0 Å². The Labute approximate surface area is 890 Å². The number of hydrogen-bond acceptors (Lipinski definition) is 20. The van der Waals surface area contributed by atoms with Gasteiger partial charge in [-0.2, -0.15) is 0 Å². The Morgan fingerprint density at radius 2 is 1.09 bits per heavy atom. The largest absolute Gasteiger partial charge is 0.536 e. The summed E-state index contributed by atoms with van der Waals surface area (Å²) >= 11 is 1.72. The number of carboxylic acids is 1. The zero-order valence-electron chi connectivity index (χ0n) is 79.0. The minimum atomic E-state index is -0.990. The number of thiophene rings is 1. The standard InChI is InChI=1S/C24H21N4O.C22H20FN4O.C19H15N4O.C19H19N2OS.C18H17N4O.C6H5NO2.5Ir/c1-17-8-9-21(18(2)14-17)28-11-10-26-24(28)20-15-25-16-22-23(20)29-13-12-27(22)19-6-4-3-5-7-19;1-13-8-14(2)20(15(3)9-13)27-19(24-4)10-25-22(27)16-6-7-18(23)17-11-26(5)12-28-21(16)17;1-22-11-12-24-18-16(8-7-14(13-20)17(18)22)19-21-9-10-23(19)15-5-3-2-4-6-15;1-12-7-10-23-19(12)21-9-8-20-18(21)16-6-4-5-15-14(3)13(2)11-22-17(15)16;1-13-6-7-14(17-16(13)21(2)11-12-23-17)18-20-9-10-22(18)15-5-3-4-8-19-15;8-6(9)5-3-1-2-4-7-5;;;;;/h3-11,14,16H,12-13H2,1-2H3;7-10H,11-12H2,1-3,5H3;2-7,9-10H,11-12H2,1H3;4-5,7-10,13-14H,11H2,1-3H3;3-6,8-10H,11-12H2,1-2H3;1-4H,(H,8,9);;;;;/q5*-1;;;;;;. The van der Waals surface area contributed by atoms with E-state index in [9.17, 15) is 14.4 Å². The van der Waals surface area contributed by atoms with Crippen molar-refractivity contribution in [3.8, 4) is 120 Å². The van der Waals surface area contributed by atoms with E-state index >= 15 is 0 Å². The van der Waals surface area contributed by atoms with Crippen LogP contribution in [0.15, 0.2) is 244 Å². The molecule has 0 bridgehead atoms. The molecule has 26 nitrogen and oxygen atoms in total. The molecule has 5 radical (unpaired) electrons. The van der Waals surface area contributed by atoms with Crippen LogP contribution in [-0.2, 0) is 107 Å². The fraction of sp³-hybridized carbons (Fsp3) is 0.213. The van der Waals surface area contributed by atoms with Crippen LogP contribution in [0.1, 0.15) is 85.9 Å². The van der Waals surface area contributed by atoms with Gasteiger partial charge in [0.2, 0.25) is 5.82 Å². The molecule has 0 saturated heterocycles. The topological polar surface area (TPSA) is 252 Å². The quantitative estimate of drug-likeness (QED) is 0.112. The number of ether oxygens (including phenoxy) is 5. The number of aromatic nitrogens is 13.